The molecule has 1 aromatic rings. The normalized spacial score (nSPS) is 33.2. The molecule has 3 aliphatic rings. The van der Waals surface area contributed by atoms with Crippen LogP contribution in [0.3, 0.4) is 0 Å². The summed E-state index contributed by atoms with van der Waals surface area (Å²) < 4.78 is 2.10. The number of aryl methyl sites for hydroxylation is 2. The predicted octanol–water partition coefficient (Wildman–Crippen LogP) is 2.68. The maximum Gasteiger partial charge on any atom is 0.151 e. The van der Waals surface area contributed by atoms with Crippen LogP contribution in [0, 0.1) is 12.8 Å². The van der Waals surface area contributed by atoms with Crippen LogP contribution in [-0.2, 0) is 7.05 Å². The van der Waals surface area contributed by atoms with E-state index in [1.54, 1.807) is 0 Å². The number of anilines is 2. The van der Waals surface area contributed by atoms with E-state index in [4.69, 9.17) is 0 Å². The third-order valence-electron chi connectivity index (χ3n) is 5.44. The highest BCUT2D eigenvalue weighted by atomic mass is 15.4. The van der Waals surface area contributed by atoms with Crippen molar-refractivity contribution < 1.29 is 0 Å². The third-order valence-corrected chi connectivity index (χ3v) is 5.44. The number of fused-ring (bicyclic) bond motifs is 5. The van der Waals surface area contributed by atoms with Crippen molar-refractivity contribution in [3.05, 3.63) is 5.69 Å². The van der Waals surface area contributed by atoms with Crippen molar-refractivity contribution >= 4 is 11.5 Å². The Labute approximate surface area is 115 Å². The minimum atomic E-state index is 0.682. The number of hydrogen-bond donors (Lipinski definition) is 1. The van der Waals surface area contributed by atoms with Crippen LogP contribution in [0.5, 0.6) is 0 Å². The smallest absolute Gasteiger partial charge is 0.151 e. The van der Waals surface area contributed by atoms with Crippen LogP contribution in [0.15, 0.2) is 0 Å². The average molecular weight is 260 g/mol. The van der Waals surface area contributed by atoms with E-state index in [1.807, 2.05) is 0 Å². The first-order valence-electron chi connectivity index (χ1n) is 7.81. The van der Waals surface area contributed by atoms with E-state index in [0.717, 1.165) is 24.2 Å². The van der Waals surface area contributed by atoms with E-state index in [1.165, 1.54) is 50.0 Å². The molecular weight excluding hydrogens is 236 g/mol. The molecule has 104 valence electrons. The van der Waals surface area contributed by atoms with Crippen LogP contribution in [0.2, 0.25) is 0 Å². The average Bonchev–Trinajstić information content (AvgIpc) is 2.73. The molecule has 0 radical (unpaired) electrons. The molecule has 1 aromatic heterocycles. The molecule has 1 saturated carbocycles. The molecule has 19 heavy (non-hydrogen) atoms. The first-order valence-corrected chi connectivity index (χ1v) is 7.81. The molecule has 1 aliphatic carbocycles. The largest absolute Gasteiger partial charge is 0.378 e. The van der Waals surface area contributed by atoms with Gasteiger partial charge < -0.3 is 10.2 Å². The Morgan fingerprint density at radius 2 is 2.00 bits per heavy atom. The van der Waals surface area contributed by atoms with E-state index in [2.05, 4.69) is 34.0 Å². The van der Waals surface area contributed by atoms with Crippen LogP contribution in [-0.4, -0.2) is 28.4 Å². The molecule has 4 nitrogen and oxygen atoms in total. The lowest BCUT2D eigenvalue weighted by molar-refractivity contribution is 0.213. The van der Waals surface area contributed by atoms with Gasteiger partial charge in [-0.05, 0) is 38.5 Å². The number of piperidine rings is 1. The molecule has 3 heterocycles. The monoisotopic (exact) mass is 260 g/mol. The Morgan fingerprint density at radius 3 is 2.89 bits per heavy atom. The quantitative estimate of drug-likeness (QED) is 0.778. The van der Waals surface area contributed by atoms with Crippen LogP contribution in [0.1, 0.15) is 44.2 Å². The first-order chi connectivity index (χ1) is 9.25. The first kappa shape index (κ1) is 11.6. The van der Waals surface area contributed by atoms with Crippen molar-refractivity contribution in [1.29, 1.82) is 0 Å². The summed E-state index contributed by atoms with van der Waals surface area (Å²) >= 11 is 0. The van der Waals surface area contributed by atoms with Gasteiger partial charge in [-0.1, -0.05) is 12.8 Å². The second-order valence-corrected chi connectivity index (χ2v) is 6.54. The van der Waals surface area contributed by atoms with Crippen molar-refractivity contribution in [3.63, 3.8) is 0 Å². The summed E-state index contributed by atoms with van der Waals surface area (Å²) in [6, 6.07) is 1.45. The lowest BCUT2D eigenvalue weighted by Crippen LogP contribution is -2.57. The molecule has 4 rings (SSSR count). The standard InChI is InChI=1S/C15H24N4/c1-10-14-15(18(2)17-10)19-12(9-16-14)8-7-11-5-3-4-6-13(11)19/h11-13,16H,3-9H2,1-2H3. The van der Waals surface area contributed by atoms with Gasteiger partial charge in [-0.15, -0.1) is 0 Å². The van der Waals surface area contributed by atoms with Crippen LogP contribution in [0.4, 0.5) is 11.5 Å². The highest BCUT2D eigenvalue weighted by Gasteiger charge is 2.42. The summed E-state index contributed by atoms with van der Waals surface area (Å²) in [6.07, 6.45) is 8.44. The Hall–Kier alpha value is -1.19. The molecule has 0 bridgehead atoms. The van der Waals surface area contributed by atoms with Crippen molar-refractivity contribution in [1.82, 2.24) is 9.78 Å². The highest BCUT2D eigenvalue weighted by molar-refractivity contribution is 5.72. The van der Waals surface area contributed by atoms with Gasteiger partial charge >= 0.3 is 0 Å². The summed E-state index contributed by atoms with van der Waals surface area (Å²) in [4.78, 5) is 2.74. The van der Waals surface area contributed by atoms with Crippen molar-refractivity contribution in [2.24, 2.45) is 13.0 Å². The van der Waals surface area contributed by atoms with E-state index in [9.17, 15) is 0 Å². The second kappa shape index (κ2) is 4.15. The van der Waals surface area contributed by atoms with Gasteiger partial charge in [0, 0.05) is 25.7 Å². The lowest BCUT2D eigenvalue weighted by atomic mass is 9.76. The van der Waals surface area contributed by atoms with Gasteiger partial charge in [0.1, 0.15) is 5.69 Å². The molecule has 4 heteroatoms. The molecule has 1 saturated heterocycles. The minimum Gasteiger partial charge on any atom is -0.378 e. The molecule has 2 fully saturated rings. The Kier molecular flexibility index (Phi) is 2.54. The lowest BCUT2D eigenvalue weighted by Gasteiger charge is -2.51. The SMILES string of the molecule is Cc1nn(C)c2c1NCC1CCC3CCCCC3N21. The van der Waals surface area contributed by atoms with E-state index >= 15 is 0 Å². The van der Waals surface area contributed by atoms with E-state index in [-0.39, 0.29) is 0 Å². The van der Waals surface area contributed by atoms with E-state index < -0.39 is 0 Å². The fourth-order valence-corrected chi connectivity index (χ4v) is 4.61. The van der Waals surface area contributed by atoms with Gasteiger partial charge in [-0.2, -0.15) is 5.10 Å². The molecule has 3 unspecified atom stereocenters. The topological polar surface area (TPSA) is 33.1 Å². The highest BCUT2D eigenvalue weighted by Crippen LogP contribution is 2.45. The predicted molar refractivity (Wildman–Crippen MR) is 77.7 cm³/mol. The summed E-state index contributed by atoms with van der Waals surface area (Å²) in [5.74, 6) is 2.27. The molecular formula is C15H24N4. The fourth-order valence-electron chi connectivity index (χ4n) is 4.61. The number of nitrogens with zero attached hydrogens (tertiary/aromatic N) is 3. The third kappa shape index (κ3) is 1.61. The Bertz CT molecular complexity index is 493. The van der Waals surface area contributed by atoms with Crippen LogP contribution in [0.25, 0.3) is 0 Å². The summed E-state index contributed by atoms with van der Waals surface area (Å²) in [6.45, 7) is 3.22. The van der Waals surface area contributed by atoms with Gasteiger partial charge in [0.2, 0.25) is 0 Å². The Balaban J connectivity index is 1.78. The zero-order valence-electron chi connectivity index (χ0n) is 12.0. The van der Waals surface area contributed by atoms with Crippen LogP contribution < -0.4 is 10.2 Å². The van der Waals surface area contributed by atoms with Crippen molar-refractivity contribution in [2.75, 3.05) is 16.8 Å². The van der Waals surface area contributed by atoms with Crippen molar-refractivity contribution in [2.45, 2.75) is 57.5 Å². The number of aromatic nitrogens is 2. The molecule has 1 N–H and O–H groups in total. The van der Waals surface area contributed by atoms with Gasteiger partial charge in [0.05, 0.1) is 5.69 Å². The number of rotatable bonds is 0. The maximum atomic E-state index is 4.63. The molecule has 2 aliphatic heterocycles. The van der Waals surface area contributed by atoms with Crippen LogP contribution >= 0.6 is 0 Å². The van der Waals surface area contributed by atoms with Crippen molar-refractivity contribution in [3.8, 4) is 0 Å². The van der Waals surface area contributed by atoms with Gasteiger partial charge in [-0.25, -0.2) is 0 Å². The maximum absolute atomic E-state index is 4.63. The van der Waals surface area contributed by atoms with Gasteiger partial charge in [0.15, 0.2) is 5.82 Å². The summed E-state index contributed by atoms with van der Waals surface area (Å²) in [5.41, 5.74) is 2.43. The fraction of sp³-hybridized carbons (Fsp3) is 0.800. The Morgan fingerprint density at radius 1 is 1.16 bits per heavy atom. The summed E-state index contributed by atoms with van der Waals surface area (Å²) in [5, 5.41) is 8.26. The second-order valence-electron chi connectivity index (χ2n) is 6.54. The van der Waals surface area contributed by atoms with Gasteiger partial charge in [0.25, 0.3) is 0 Å². The molecule has 0 amide bonds. The van der Waals surface area contributed by atoms with E-state index in [0.29, 0.717) is 6.04 Å². The molecule has 3 atom stereocenters. The molecule has 0 spiro atoms. The minimum absolute atomic E-state index is 0.682. The zero-order chi connectivity index (χ0) is 13.0. The number of nitrogens with one attached hydrogen (secondary N) is 1. The summed E-state index contributed by atoms with van der Waals surface area (Å²) in [7, 11) is 2.10. The molecule has 0 aromatic carbocycles. The zero-order valence-corrected chi connectivity index (χ0v) is 12.0. The number of hydrogen-bond acceptors (Lipinski definition) is 3. The van der Waals surface area contributed by atoms with Gasteiger partial charge in [-0.3, -0.25) is 4.68 Å².